The summed E-state index contributed by atoms with van der Waals surface area (Å²) in [5, 5.41) is 0.668. The van der Waals surface area contributed by atoms with Crippen LogP contribution in [0.15, 0.2) is 42.9 Å². The van der Waals surface area contributed by atoms with Gasteiger partial charge in [-0.05, 0) is 18.6 Å². The van der Waals surface area contributed by atoms with Crippen LogP contribution in [-0.4, -0.2) is 83.1 Å². The lowest BCUT2D eigenvalue weighted by Gasteiger charge is -2.30. The number of fused-ring (bicyclic) bond motifs is 1. The van der Waals surface area contributed by atoms with Gasteiger partial charge in [-0.15, -0.1) is 0 Å². The van der Waals surface area contributed by atoms with Crippen LogP contribution in [0.2, 0.25) is 0 Å². The number of nitrogens with zero attached hydrogens (tertiary/aromatic N) is 5. The Balaban J connectivity index is 1.31. The van der Waals surface area contributed by atoms with E-state index < -0.39 is 5.92 Å². The molecule has 2 aliphatic heterocycles. The van der Waals surface area contributed by atoms with Crippen LogP contribution in [-0.2, 0) is 4.79 Å². The lowest BCUT2D eigenvalue weighted by molar-refractivity contribution is -0.125. The van der Waals surface area contributed by atoms with Crippen molar-refractivity contribution in [3.63, 3.8) is 0 Å². The van der Waals surface area contributed by atoms with E-state index in [9.17, 15) is 13.6 Å². The molecule has 2 aliphatic rings. The normalized spacial score (nSPS) is 19.1. The predicted molar refractivity (Wildman–Crippen MR) is 147 cm³/mol. The van der Waals surface area contributed by atoms with Crippen molar-refractivity contribution >= 4 is 22.8 Å². The zero-order chi connectivity index (χ0) is 28.3. The van der Waals surface area contributed by atoms with Crippen LogP contribution < -0.4 is 15.2 Å². The van der Waals surface area contributed by atoms with Gasteiger partial charge >= 0.3 is 0 Å². The number of rotatable bonds is 6. The second-order valence-electron chi connectivity index (χ2n) is 10.0. The molecule has 1 atom stereocenters. The van der Waals surface area contributed by atoms with E-state index in [-0.39, 0.29) is 24.8 Å². The number of halogens is 2. The zero-order valence-corrected chi connectivity index (χ0v) is 22.6. The number of nitrogen functional groups attached to an aromatic ring is 1. The Kier molecular flexibility index (Phi) is 7.89. The molecule has 1 amide bonds. The first kappa shape index (κ1) is 27.4. The fourth-order valence-corrected chi connectivity index (χ4v) is 5.14. The van der Waals surface area contributed by atoms with E-state index >= 15 is 0 Å². The summed E-state index contributed by atoms with van der Waals surface area (Å²) in [5.74, 6) is 5.30. The molecule has 0 saturated carbocycles. The quantitative estimate of drug-likeness (QED) is 0.371. The maximum absolute atomic E-state index is 13.4. The number of benzene rings is 1. The molecule has 0 bridgehead atoms. The summed E-state index contributed by atoms with van der Waals surface area (Å²) < 4.78 is 39.4. The van der Waals surface area contributed by atoms with Crippen molar-refractivity contribution in [1.82, 2.24) is 24.3 Å². The van der Waals surface area contributed by atoms with Crippen molar-refractivity contribution in [2.75, 3.05) is 52.7 Å². The third kappa shape index (κ3) is 6.02. The first-order valence-corrected chi connectivity index (χ1v) is 13.2. The highest BCUT2D eigenvalue weighted by atomic mass is 19.3. The number of ether oxygens (including phenoxy) is 2. The fourth-order valence-electron chi connectivity index (χ4n) is 5.14. The molecule has 2 aromatic heterocycles. The van der Waals surface area contributed by atoms with Crippen LogP contribution in [0, 0.1) is 11.8 Å². The molecule has 0 spiro atoms. The number of hydrogen-bond donors (Lipinski definition) is 1. The van der Waals surface area contributed by atoms with Gasteiger partial charge < -0.3 is 24.7 Å². The average molecular weight is 551 g/mol. The van der Waals surface area contributed by atoms with Crippen LogP contribution in [0.4, 0.5) is 14.6 Å². The van der Waals surface area contributed by atoms with E-state index in [2.05, 4.69) is 21.8 Å². The summed E-state index contributed by atoms with van der Waals surface area (Å²) in [5.41, 5.74) is 8.31. The zero-order valence-electron chi connectivity index (χ0n) is 22.6. The summed E-state index contributed by atoms with van der Waals surface area (Å²) in [4.78, 5) is 25.2. The average Bonchev–Trinajstić information content (AvgIpc) is 3.58. The minimum Gasteiger partial charge on any atom is -0.497 e. The van der Waals surface area contributed by atoms with Gasteiger partial charge in [-0.3, -0.25) is 9.69 Å². The molecule has 210 valence electrons. The summed E-state index contributed by atoms with van der Waals surface area (Å²) in [6, 6.07) is 5.41. The molecule has 2 fully saturated rings. The van der Waals surface area contributed by atoms with Gasteiger partial charge in [0.05, 0.1) is 31.2 Å². The summed E-state index contributed by atoms with van der Waals surface area (Å²) in [6.07, 6.45) is 7.12. The van der Waals surface area contributed by atoms with Gasteiger partial charge in [0.1, 0.15) is 29.3 Å². The Bertz CT molecular complexity index is 1460. The molecule has 3 aromatic rings. The predicted octanol–water partition coefficient (Wildman–Crippen LogP) is 3.49. The summed E-state index contributed by atoms with van der Waals surface area (Å²) >= 11 is 0. The number of anilines is 1. The number of nitrogens with two attached hydrogens (primary N) is 1. The molecule has 1 unspecified atom stereocenters. The number of amides is 1. The van der Waals surface area contributed by atoms with Gasteiger partial charge in [0.15, 0.2) is 0 Å². The third-order valence-corrected chi connectivity index (χ3v) is 7.41. The first-order chi connectivity index (χ1) is 19.3. The number of carbonyl (C=O) groups is 1. The minimum absolute atomic E-state index is 0.00839. The standard InChI is InChI=1S/C29H32F2N6O3/c1-39-23-14-20(15-24(16-23)40-2)5-6-21-17-37(28-26(21)27(32)33-19-34-28)22-7-11-36(18-22)25(38)4-3-10-35-12-8-29(30,31)9-13-35/h3-4,14-17,19,22H,7-13,18H2,1-2H3,(H2,32,33,34). The molecule has 4 heterocycles. The first-order valence-electron chi connectivity index (χ1n) is 13.2. The van der Waals surface area contributed by atoms with Gasteiger partial charge in [-0.25, -0.2) is 18.7 Å². The Hall–Kier alpha value is -4.17. The van der Waals surface area contributed by atoms with E-state index in [1.807, 2.05) is 27.8 Å². The second-order valence-corrected chi connectivity index (χ2v) is 10.0. The molecule has 11 heteroatoms. The smallest absolute Gasteiger partial charge is 0.250 e. The van der Waals surface area contributed by atoms with E-state index in [0.717, 1.165) is 12.0 Å². The van der Waals surface area contributed by atoms with Gasteiger partial charge in [0.25, 0.3) is 5.92 Å². The number of aromatic nitrogens is 3. The third-order valence-electron chi connectivity index (χ3n) is 7.41. The molecular formula is C29H32F2N6O3. The molecule has 2 N–H and O–H groups in total. The van der Waals surface area contributed by atoms with Crippen molar-refractivity contribution < 1.29 is 23.0 Å². The van der Waals surface area contributed by atoms with Gasteiger partial charge in [-0.2, -0.15) is 0 Å². The number of likely N-dealkylation sites (tertiary alicyclic amines) is 2. The monoisotopic (exact) mass is 550 g/mol. The van der Waals surface area contributed by atoms with Crippen LogP contribution in [0.25, 0.3) is 11.0 Å². The van der Waals surface area contributed by atoms with E-state index in [1.165, 1.54) is 6.33 Å². The SMILES string of the molecule is COc1cc(C#Cc2cn(C3CCN(C(=O)C=CCN4CCC(F)(F)CC4)C3)c3ncnc(N)c23)cc(OC)c1. The van der Waals surface area contributed by atoms with Crippen molar-refractivity contribution in [3.05, 3.63) is 54.0 Å². The van der Waals surface area contributed by atoms with Crippen LogP contribution in [0.3, 0.4) is 0 Å². The molecular weight excluding hydrogens is 518 g/mol. The lowest BCUT2D eigenvalue weighted by atomic mass is 10.1. The summed E-state index contributed by atoms with van der Waals surface area (Å²) in [6.45, 7) is 2.25. The topological polar surface area (TPSA) is 98.7 Å². The Labute approximate surface area is 231 Å². The summed E-state index contributed by atoms with van der Waals surface area (Å²) in [7, 11) is 3.17. The highest BCUT2D eigenvalue weighted by Gasteiger charge is 2.33. The number of methoxy groups -OCH3 is 2. The Morgan fingerprint density at radius 2 is 1.85 bits per heavy atom. The molecule has 5 rings (SSSR count). The van der Waals surface area contributed by atoms with Gasteiger partial charge in [0.2, 0.25) is 5.91 Å². The van der Waals surface area contributed by atoms with Crippen molar-refractivity contribution in [3.8, 4) is 23.3 Å². The second kappa shape index (κ2) is 11.5. The van der Waals surface area contributed by atoms with E-state index in [0.29, 0.717) is 66.6 Å². The van der Waals surface area contributed by atoms with Gasteiger partial charge in [-0.1, -0.05) is 17.9 Å². The van der Waals surface area contributed by atoms with Crippen molar-refractivity contribution in [2.24, 2.45) is 0 Å². The number of alkyl halides is 2. The fraction of sp³-hybridized carbons (Fsp3) is 0.414. The lowest BCUT2D eigenvalue weighted by Crippen LogP contribution is -2.39. The number of carbonyl (C=O) groups excluding carboxylic acids is 1. The number of piperidine rings is 1. The Morgan fingerprint density at radius 1 is 1.12 bits per heavy atom. The highest BCUT2D eigenvalue weighted by Crippen LogP contribution is 2.31. The maximum atomic E-state index is 13.4. The molecule has 1 aromatic carbocycles. The van der Waals surface area contributed by atoms with E-state index in [1.54, 1.807) is 37.3 Å². The van der Waals surface area contributed by atoms with Crippen LogP contribution in [0.5, 0.6) is 11.5 Å². The number of hydrogen-bond acceptors (Lipinski definition) is 7. The minimum atomic E-state index is -2.58. The molecule has 0 aliphatic carbocycles. The van der Waals surface area contributed by atoms with Crippen molar-refractivity contribution in [1.29, 1.82) is 0 Å². The Morgan fingerprint density at radius 3 is 2.55 bits per heavy atom. The maximum Gasteiger partial charge on any atom is 0.250 e. The van der Waals surface area contributed by atoms with Crippen LogP contribution in [0.1, 0.15) is 36.4 Å². The highest BCUT2D eigenvalue weighted by molar-refractivity contribution is 5.92. The molecule has 40 heavy (non-hydrogen) atoms. The largest absolute Gasteiger partial charge is 0.497 e. The van der Waals surface area contributed by atoms with Crippen molar-refractivity contribution in [2.45, 2.75) is 31.2 Å². The van der Waals surface area contributed by atoms with Crippen LogP contribution >= 0.6 is 0 Å². The van der Waals surface area contributed by atoms with Gasteiger partial charge in [0, 0.05) is 69.5 Å². The van der Waals surface area contributed by atoms with E-state index in [4.69, 9.17) is 15.2 Å². The molecule has 9 nitrogen and oxygen atoms in total. The molecule has 0 radical (unpaired) electrons. The molecule has 2 saturated heterocycles.